The average molecular weight is 487 g/mol. The van der Waals surface area contributed by atoms with Crippen LogP contribution in [0.15, 0.2) is 91.3 Å². The molecule has 7 rings (SSSR count). The maximum Gasteiger partial charge on any atom is 0.228 e. The first kappa shape index (κ1) is 21.4. The molecule has 0 N–H and O–H groups in total. The van der Waals surface area contributed by atoms with Gasteiger partial charge >= 0.3 is 0 Å². The van der Waals surface area contributed by atoms with Gasteiger partial charge in [0.2, 0.25) is 5.88 Å². The maximum absolute atomic E-state index is 6.51. The Hall–Kier alpha value is -4.91. The van der Waals surface area contributed by atoms with Crippen molar-refractivity contribution in [3.63, 3.8) is 0 Å². The van der Waals surface area contributed by atoms with Crippen molar-refractivity contribution in [1.82, 2.24) is 19.6 Å². The summed E-state index contributed by atoms with van der Waals surface area (Å²) < 4.78 is 19.2. The number of nitrogens with zero attached hydrogens (tertiary/aromatic N) is 4. The van der Waals surface area contributed by atoms with E-state index in [9.17, 15) is 0 Å². The number of rotatable bonds is 4. The summed E-state index contributed by atoms with van der Waals surface area (Å²) in [5, 5.41) is 6.90. The van der Waals surface area contributed by atoms with E-state index in [4.69, 9.17) is 29.3 Å². The fourth-order valence-electron chi connectivity index (χ4n) is 5.13. The van der Waals surface area contributed by atoms with E-state index in [1.54, 1.807) is 25.1 Å². The van der Waals surface area contributed by atoms with Crippen molar-refractivity contribution in [1.29, 1.82) is 0 Å². The van der Waals surface area contributed by atoms with Crippen molar-refractivity contribution in [2.45, 2.75) is 5.92 Å². The van der Waals surface area contributed by atoms with Gasteiger partial charge in [0.1, 0.15) is 23.6 Å². The molecule has 0 bridgehead atoms. The zero-order chi connectivity index (χ0) is 24.9. The van der Waals surface area contributed by atoms with Gasteiger partial charge in [-0.2, -0.15) is 0 Å². The second-order valence-electron chi connectivity index (χ2n) is 8.88. The molecule has 0 saturated carbocycles. The smallest absolute Gasteiger partial charge is 0.228 e. The lowest BCUT2D eigenvalue weighted by Gasteiger charge is -2.28. The van der Waals surface area contributed by atoms with Gasteiger partial charge in [0.25, 0.3) is 0 Å². The third-order valence-electron chi connectivity index (χ3n) is 6.89. The molecular weight excluding hydrogens is 464 g/mol. The number of aromatic nitrogens is 4. The fourth-order valence-corrected chi connectivity index (χ4v) is 5.13. The standard InChI is InChI=1S/C30H22N4O3/c1-35-20-14-11-19(12-15-20)25-23-16-13-18-7-3-4-8-21(18)27(23)37-30-26(25)29-32-28(33-34(29)17-31-30)22-9-5-6-10-24(22)36-2/h3-17,25H,1-2H3/t25-/m1/s1. The number of benzene rings is 4. The molecule has 2 aromatic heterocycles. The van der Waals surface area contributed by atoms with Crippen LogP contribution in [0.3, 0.4) is 0 Å². The lowest BCUT2D eigenvalue weighted by atomic mass is 9.83. The van der Waals surface area contributed by atoms with E-state index in [2.05, 4.69) is 36.4 Å². The SMILES string of the molecule is COc1ccc([C@@H]2c3ccc4ccccc4c3Oc3ncn4nc(-c5ccccc5OC)nc4c32)cc1. The summed E-state index contributed by atoms with van der Waals surface area (Å²) >= 11 is 0. The zero-order valence-electron chi connectivity index (χ0n) is 20.3. The van der Waals surface area contributed by atoms with Crippen LogP contribution < -0.4 is 14.2 Å². The van der Waals surface area contributed by atoms with Gasteiger partial charge in [0, 0.05) is 16.9 Å². The van der Waals surface area contributed by atoms with Crippen LogP contribution in [-0.2, 0) is 0 Å². The van der Waals surface area contributed by atoms with E-state index in [0.29, 0.717) is 23.1 Å². The number of methoxy groups -OCH3 is 2. The highest BCUT2D eigenvalue weighted by atomic mass is 16.5. The quantitative estimate of drug-likeness (QED) is 0.293. The molecule has 37 heavy (non-hydrogen) atoms. The molecule has 7 nitrogen and oxygen atoms in total. The van der Waals surface area contributed by atoms with Gasteiger partial charge < -0.3 is 14.2 Å². The first-order valence-corrected chi connectivity index (χ1v) is 12.0. The molecule has 1 aliphatic heterocycles. The van der Waals surface area contributed by atoms with Crippen LogP contribution in [0.5, 0.6) is 23.1 Å². The van der Waals surface area contributed by atoms with Gasteiger partial charge in [-0.15, -0.1) is 5.10 Å². The van der Waals surface area contributed by atoms with Crippen molar-refractivity contribution < 1.29 is 14.2 Å². The van der Waals surface area contributed by atoms with Crippen molar-refractivity contribution in [2.75, 3.05) is 14.2 Å². The summed E-state index contributed by atoms with van der Waals surface area (Å²) in [5.41, 5.74) is 4.49. The summed E-state index contributed by atoms with van der Waals surface area (Å²) in [6, 6.07) is 28.3. The zero-order valence-corrected chi connectivity index (χ0v) is 20.3. The monoisotopic (exact) mass is 486 g/mol. The predicted octanol–water partition coefficient (Wildman–Crippen LogP) is 6.25. The highest BCUT2D eigenvalue weighted by Gasteiger charge is 2.34. The van der Waals surface area contributed by atoms with E-state index in [1.165, 1.54) is 0 Å². The number of hydrogen-bond acceptors (Lipinski definition) is 6. The van der Waals surface area contributed by atoms with Crippen LogP contribution >= 0.6 is 0 Å². The van der Waals surface area contributed by atoms with Crippen LogP contribution in [0, 0.1) is 0 Å². The van der Waals surface area contributed by atoms with Crippen LogP contribution in [0.4, 0.5) is 0 Å². The summed E-state index contributed by atoms with van der Waals surface area (Å²) in [7, 11) is 3.32. The first-order chi connectivity index (χ1) is 18.2. The first-order valence-electron chi connectivity index (χ1n) is 12.0. The minimum Gasteiger partial charge on any atom is -0.497 e. The predicted molar refractivity (Wildman–Crippen MR) is 141 cm³/mol. The Morgan fingerprint density at radius 3 is 2.49 bits per heavy atom. The molecule has 0 spiro atoms. The third-order valence-corrected chi connectivity index (χ3v) is 6.89. The summed E-state index contributed by atoms with van der Waals surface area (Å²) in [4.78, 5) is 9.67. The van der Waals surface area contributed by atoms with Gasteiger partial charge in [-0.05, 0) is 35.2 Å². The van der Waals surface area contributed by atoms with Crippen molar-refractivity contribution in [3.8, 4) is 34.5 Å². The average Bonchev–Trinajstić information content (AvgIpc) is 3.40. The highest BCUT2D eigenvalue weighted by Crippen LogP contribution is 2.50. The van der Waals surface area contributed by atoms with Crippen LogP contribution in [0.2, 0.25) is 0 Å². The van der Waals surface area contributed by atoms with E-state index < -0.39 is 0 Å². The molecule has 6 aromatic rings. The van der Waals surface area contributed by atoms with Crippen molar-refractivity contribution in [2.24, 2.45) is 0 Å². The molecule has 0 fully saturated rings. The van der Waals surface area contributed by atoms with Crippen molar-refractivity contribution >= 4 is 16.4 Å². The van der Waals surface area contributed by atoms with Gasteiger partial charge in [-0.3, -0.25) is 0 Å². The maximum atomic E-state index is 6.51. The Kier molecular flexibility index (Phi) is 4.82. The Morgan fingerprint density at radius 2 is 1.65 bits per heavy atom. The molecule has 0 radical (unpaired) electrons. The lowest BCUT2D eigenvalue weighted by molar-refractivity contribution is 0.414. The Labute approximate surface area is 212 Å². The summed E-state index contributed by atoms with van der Waals surface area (Å²) in [6.07, 6.45) is 1.65. The Balaban J connectivity index is 1.50. The Bertz CT molecular complexity index is 1790. The van der Waals surface area contributed by atoms with Gasteiger partial charge in [0.05, 0.1) is 25.3 Å². The van der Waals surface area contributed by atoms with Gasteiger partial charge in [-0.1, -0.05) is 60.7 Å². The van der Waals surface area contributed by atoms with E-state index in [0.717, 1.165) is 44.5 Å². The third kappa shape index (κ3) is 3.31. The molecule has 1 aliphatic rings. The van der Waals surface area contributed by atoms with E-state index in [1.807, 2.05) is 48.5 Å². The fraction of sp³-hybridized carbons (Fsp3) is 0.100. The van der Waals surface area contributed by atoms with Gasteiger partial charge in [0.15, 0.2) is 11.5 Å². The second-order valence-corrected chi connectivity index (χ2v) is 8.88. The van der Waals surface area contributed by atoms with Crippen LogP contribution in [0.25, 0.3) is 27.8 Å². The molecule has 0 aliphatic carbocycles. The minimum atomic E-state index is -0.166. The number of para-hydroxylation sites is 1. The summed E-state index contributed by atoms with van der Waals surface area (Å²) in [6.45, 7) is 0. The van der Waals surface area contributed by atoms with Crippen LogP contribution in [-0.4, -0.2) is 33.8 Å². The molecule has 4 aromatic carbocycles. The molecule has 7 heteroatoms. The largest absolute Gasteiger partial charge is 0.497 e. The lowest BCUT2D eigenvalue weighted by Crippen LogP contribution is -2.15. The van der Waals surface area contributed by atoms with E-state index >= 15 is 0 Å². The molecule has 0 amide bonds. The molecular formula is C30H22N4O3. The number of hydrogen-bond donors (Lipinski definition) is 0. The molecule has 1 atom stereocenters. The molecule has 3 heterocycles. The Morgan fingerprint density at radius 1 is 0.838 bits per heavy atom. The molecule has 0 saturated heterocycles. The normalized spacial score (nSPS) is 14.2. The van der Waals surface area contributed by atoms with Gasteiger partial charge in [-0.25, -0.2) is 14.5 Å². The highest BCUT2D eigenvalue weighted by molar-refractivity contribution is 5.91. The summed E-state index contributed by atoms with van der Waals surface area (Å²) in [5.74, 6) is 3.24. The van der Waals surface area contributed by atoms with Crippen LogP contribution in [0.1, 0.15) is 22.6 Å². The number of ether oxygens (including phenoxy) is 3. The van der Waals surface area contributed by atoms with Crippen molar-refractivity contribution in [3.05, 3.63) is 108 Å². The van der Waals surface area contributed by atoms with E-state index in [-0.39, 0.29) is 5.92 Å². The molecule has 0 unspecified atom stereocenters. The number of fused-ring (bicyclic) bond motifs is 6. The molecule has 180 valence electrons. The second kappa shape index (κ2) is 8.34. The topological polar surface area (TPSA) is 70.8 Å². The minimum absolute atomic E-state index is 0.166.